The predicted molar refractivity (Wildman–Crippen MR) is 44.3 cm³/mol. The van der Waals surface area contributed by atoms with Crippen molar-refractivity contribution in [2.24, 2.45) is 0 Å². The Morgan fingerprint density at radius 3 is 3.08 bits per heavy atom. The van der Waals surface area contributed by atoms with Gasteiger partial charge in [0.25, 0.3) is 0 Å². The van der Waals surface area contributed by atoms with E-state index >= 15 is 0 Å². The van der Waals surface area contributed by atoms with Crippen LogP contribution in [0.2, 0.25) is 0 Å². The lowest BCUT2D eigenvalue weighted by atomic mass is 10.3. The summed E-state index contributed by atoms with van der Waals surface area (Å²) < 4.78 is 1.58. The van der Waals surface area contributed by atoms with E-state index in [1.54, 1.807) is 16.6 Å². The van der Waals surface area contributed by atoms with Crippen molar-refractivity contribution >= 4 is 11.3 Å². The second-order valence-corrected chi connectivity index (χ2v) is 2.45. The van der Waals surface area contributed by atoms with Crippen LogP contribution in [0, 0.1) is 11.3 Å². The minimum Gasteiger partial charge on any atom is -0.384 e. The molecule has 0 aliphatic heterocycles. The third-order valence-corrected chi connectivity index (χ3v) is 1.66. The molecule has 4 heteroatoms. The molecular weight excluding hydrogens is 152 g/mol. The average molecular weight is 158 g/mol. The summed E-state index contributed by atoms with van der Waals surface area (Å²) in [5.74, 6) is 0.578. The molecule has 12 heavy (non-hydrogen) atoms. The first-order valence-corrected chi connectivity index (χ1v) is 3.44. The largest absolute Gasteiger partial charge is 0.384 e. The number of nitriles is 1. The maximum Gasteiger partial charge on any atom is 0.125 e. The first-order chi connectivity index (χ1) is 5.81. The number of anilines is 1. The normalized spacial score (nSPS) is 9.92. The van der Waals surface area contributed by atoms with Gasteiger partial charge in [0.1, 0.15) is 11.9 Å². The summed E-state index contributed by atoms with van der Waals surface area (Å²) in [6.07, 6.45) is 1.49. The fourth-order valence-corrected chi connectivity index (χ4v) is 1.08. The van der Waals surface area contributed by atoms with Crippen molar-refractivity contribution in [3.05, 3.63) is 30.0 Å². The SMILES string of the molecule is N#Cc1cnn2c(N)ccc2c1. The van der Waals surface area contributed by atoms with Crippen LogP contribution in [0.25, 0.3) is 5.52 Å². The molecule has 0 bridgehead atoms. The molecule has 0 aliphatic rings. The summed E-state index contributed by atoms with van der Waals surface area (Å²) >= 11 is 0. The van der Waals surface area contributed by atoms with Crippen LogP contribution in [0.1, 0.15) is 5.56 Å². The van der Waals surface area contributed by atoms with Crippen LogP contribution in [0.5, 0.6) is 0 Å². The van der Waals surface area contributed by atoms with E-state index in [9.17, 15) is 0 Å². The number of nitrogens with two attached hydrogens (primary N) is 1. The van der Waals surface area contributed by atoms with Crippen LogP contribution >= 0.6 is 0 Å². The smallest absolute Gasteiger partial charge is 0.125 e. The highest BCUT2D eigenvalue weighted by Crippen LogP contribution is 2.10. The van der Waals surface area contributed by atoms with Crippen molar-refractivity contribution in [3.8, 4) is 6.07 Å². The average Bonchev–Trinajstić information content (AvgIpc) is 2.47. The maximum absolute atomic E-state index is 8.57. The highest BCUT2D eigenvalue weighted by Gasteiger charge is 1.98. The van der Waals surface area contributed by atoms with Gasteiger partial charge in [0.2, 0.25) is 0 Å². The zero-order chi connectivity index (χ0) is 8.55. The van der Waals surface area contributed by atoms with Gasteiger partial charge in [0, 0.05) is 0 Å². The van der Waals surface area contributed by atoms with Gasteiger partial charge in [-0.15, -0.1) is 0 Å². The minimum atomic E-state index is 0.542. The highest BCUT2D eigenvalue weighted by molar-refractivity contribution is 5.57. The van der Waals surface area contributed by atoms with Gasteiger partial charge in [-0.25, -0.2) is 4.52 Å². The number of nitrogen functional groups attached to an aromatic ring is 1. The fourth-order valence-electron chi connectivity index (χ4n) is 1.08. The summed E-state index contributed by atoms with van der Waals surface area (Å²) in [7, 11) is 0. The highest BCUT2D eigenvalue weighted by atomic mass is 15.2. The van der Waals surface area contributed by atoms with E-state index in [2.05, 4.69) is 5.10 Å². The Balaban J connectivity index is 2.80. The Hall–Kier alpha value is -2.02. The lowest BCUT2D eigenvalue weighted by molar-refractivity contribution is 0.948. The third-order valence-electron chi connectivity index (χ3n) is 1.66. The summed E-state index contributed by atoms with van der Waals surface area (Å²) in [6, 6.07) is 7.33. The van der Waals surface area contributed by atoms with Crippen molar-refractivity contribution in [2.75, 3.05) is 5.73 Å². The van der Waals surface area contributed by atoms with E-state index in [0.29, 0.717) is 11.4 Å². The maximum atomic E-state index is 8.57. The second kappa shape index (κ2) is 2.24. The minimum absolute atomic E-state index is 0.542. The van der Waals surface area contributed by atoms with Crippen LogP contribution < -0.4 is 5.73 Å². The van der Waals surface area contributed by atoms with Gasteiger partial charge >= 0.3 is 0 Å². The Labute approximate surface area is 68.8 Å². The third kappa shape index (κ3) is 0.805. The van der Waals surface area contributed by atoms with Gasteiger partial charge < -0.3 is 5.73 Å². The van der Waals surface area contributed by atoms with Crippen LogP contribution in [-0.4, -0.2) is 9.61 Å². The molecule has 0 saturated carbocycles. The van der Waals surface area contributed by atoms with Crippen molar-refractivity contribution in [2.45, 2.75) is 0 Å². The van der Waals surface area contributed by atoms with E-state index < -0.39 is 0 Å². The van der Waals surface area contributed by atoms with Gasteiger partial charge in [0.15, 0.2) is 0 Å². The summed E-state index contributed by atoms with van der Waals surface area (Å²) in [5.41, 5.74) is 6.97. The fraction of sp³-hybridized carbons (Fsp3) is 0. The van der Waals surface area contributed by atoms with Gasteiger partial charge in [-0.3, -0.25) is 0 Å². The molecule has 0 radical (unpaired) electrons. The van der Waals surface area contributed by atoms with Gasteiger partial charge in [-0.1, -0.05) is 0 Å². The Kier molecular flexibility index (Phi) is 1.25. The number of aromatic nitrogens is 2. The Morgan fingerprint density at radius 1 is 1.50 bits per heavy atom. The van der Waals surface area contributed by atoms with Gasteiger partial charge in [-0.2, -0.15) is 10.4 Å². The van der Waals surface area contributed by atoms with E-state index in [0.717, 1.165) is 5.52 Å². The van der Waals surface area contributed by atoms with E-state index in [1.165, 1.54) is 6.20 Å². The molecule has 0 aliphatic carbocycles. The zero-order valence-electron chi connectivity index (χ0n) is 6.23. The standard InChI is InChI=1S/C8H6N4/c9-4-6-3-7-1-2-8(10)12(7)11-5-6/h1-3,5H,10H2. The molecule has 2 rings (SSSR count). The molecule has 2 aromatic rings. The van der Waals surface area contributed by atoms with Crippen molar-refractivity contribution in [1.29, 1.82) is 5.26 Å². The van der Waals surface area contributed by atoms with Crippen LogP contribution in [0.4, 0.5) is 5.82 Å². The number of hydrogen-bond donors (Lipinski definition) is 1. The number of hydrogen-bond acceptors (Lipinski definition) is 3. The predicted octanol–water partition coefficient (Wildman–Crippen LogP) is 0.788. The summed E-state index contributed by atoms with van der Waals surface area (Å²) in [6.45, 7) is 0. The molecule has 2 heterocycles. The van der Waals surface area contributed by atoms with Crippen LogP contribution in [0.15, 0.2) is 24.4 Å². The Bertz CT molecular complexity index is 463. The molecule has 0 fully saturated rings. The van der Waals surface area contributed by atoms with Gasteiger partial charge in [-0.05, 0) is 18.2 Å². The lowest BCUT2D eigenvalue weighted by Gasteiger charge is -1.94. The molecule has 0 amide bonds. The molecule has 0 atom stereocenters. The summed E-state index contributed by atoms with van der Waals surface area (Å²) in [5, 5.41) is 12.6. The van der Waals surface area contributed by atoms with Crippen LogP contribution in [-0.2, 0) is 0 Å². The molecule has 0 spiro atoms. The molecule has 0 unspecified atom stereocenters. The Morgan fingerprint density at radius 2 is 2.33 bits per heavy atom. The van der Waals surface area contributed by atoms with Gasteiger partial charge in [0.05, 0.1) is 17.3 Å². The molecular formula is C8H6N4. The summed E-state index contributed by atoms with van der Waals surface area (Å²) in [4.78, 5) is 0. The number of nitrogens with zero attached hydrogens (tertiary/aromatic N) is 3. The van der Waals surface area contributed by atoms with E-state index in [1.807, 2.05) is 12.1 Å². The van der Waals surface area contributed by atoms with Crippen molar-refractivity contribution in [3.63, 3.8) is 0 Å². The second-order valence-electron chi connectivity index (χ2n) is 2.45. The lowest BCUT2D eigenvalue weighted by Crippen LogP contribution is -1.96. The van der Waals surface area contributed by atoms with Crippen LogP contribution in [0.3, 0.4) is 0 Å². The van der Waals surface area contributed by atoms with Crippen molar-refractivity contribution in [1.82, 2.24) is 9.61 Å². The number of fused-ring (bicyclic) bond motifs is 1. The topological polar surface area (TPSA) is 67.1 Å². The monoisotopic (exact) mass is 158 g/mol. The molecule has 4 nitrogen and oxygen atoms in total. The first kappa shape index (κ1) is 6.68. The molecule has 0 aromatic carbocycles. The molecule has 0 saturated heterocycles. The molecule has 2 N–H and O–H groups in total. The van der Waals surface area contributed by atoms with E-state index in [-0.39, 0.29) is 0 Å². The zero-order valence-corrected chi connectivity index (χ0v) is 6.23. The number of rotatable bonds is 0. The molecule has 58 valence electrons. The quantitative estimate of drug-likeness (QED) is 0.616. The van der Waals surface area contributed by atoms with E-state index in [4.69, 9.17) is 11.0 Å². The molecule has 2 aromatic heterocycles. The first-order valence-electron chi connectivity index (χ1n) is 3.44. The van der Waals surface area contributed by atoms with Crippen molar-refractivity contribution < 1.29 is 0 Å².